The fraction of sp³-hybridized carbons (Fsp3) is 0.364. The van der Waals surface area contributed by atoms with Crippen molar-refractivity contribution in [2.75, 3.05) is 11.9 Å². The zero-order valence-electron chi connectivity index (χ0n) is 18.0. The van der Waals surface area contributed by atoms with Crippen LogP contribution in [0.4, 0.5) is 5.13 Å². The molecule has 0 unspecified atom stereocenters. The van der Waals surface area contributed by atoms with Crippen molar-refractivity contribution in [1.29, 1.82) is 0 Å². The topological polar surface area (TPSA) is 95.3 Å². The van der Waals surface area contributed by atoms with Crippen molar-refractivity contribution in [3.05, 3.63) is 58.9 Å². The van der Waals surface area contributed by atoms with Gasteiger partial charge in [-0.25, -0.2) is 9.67 Å². The van der Waals surface area contributed by atoms with Crippen LogP contribution in [-0.2, 0) is 28.1 Å². The first kappa shape index (κ1) is 22.5. The van der Waals surface area contributed by atoms with Crippen LogP contribution in [0.3, 0.4) is 0 Å². The van der Waals surface area contributed by atoms with E-state index in [0.29, 0.717) is 17.4 Å². The lowest BCUT2D eigenvalue weighted by molar-refractivity contribution is -0.142. The van der Waals surface area contributed by atoms with Crippen LogP contribution in [0, 0.1) is 0 Å². The molecule has 0 saturated carbocycles. The summed E-state index contributed by atoms with van der Waals surface area (Å²) in [5.41, 5.74) is 2.11. The summed E-state index contributed by atoms with van der Waals surface area (Å²) in [5, 5.41) is 9.04. The Morgan fingerprint density at radius 2 is 1.90 bits per heavy atom. The summed E-state index contributed by atoms with van der Waals surface area (Å²) in [6.45, 7) is 8.73. The molecule has 1 N–H and O–H groups in total. The SMILES string of the molecule is CCOC(=O)Cc1csc(NC(=O)c2ccn(COc3ccc(C(C)(C)C)cc3)n2)n1. The molecule has 0 spiro atoms. The molecule has 0 aliphatic carbocycles. The highest BCUT2D eigenvalue weighted by Gasteiger charge is 2.15. The summed E-state index contributed by atoms with van der Waals surface area (Å²) in [6.07, 6.45) is 1.75. The van der Waals surface area contributed by atoms with Crippen LogP contribution >= 0.6 is 11.3 Å². The van der Waals surface area contributed by atoms with Crippen molar-refractivity contribution in [2.24, 2.45) is 0 Å². The number of hydrogen-bond donors (Lipinski definition) is 1. The molecule has 1 aromatic carbocycles. The van der Waals surface area contributed by atoms with Gasteiger partial charge >= 0.3 is 5.97 Å². The van der Waals surface area contributed by atoms with Gasteiger partial charge in [0.15, 0.2) is 17.6 Å². The van der Waals surface area contributed by atoms with E-state index in [1.807, 2.05) is 24.3 Å². The maximum Gasteiger partial charge on any atom is 0.311 e. The van der Waals surface area contributed by atoms with Crippen molar-refractivity contribution < 1.29 is 19.1 Å². The highest BCUT2D eigenvalue weighted by atomic mass is 32.1. The highest BCUT2D eigenvalue weighted by molar-refractivity contribution is 7.14. The van der Waals surface area contributed by atoms with E-state index in [4.69, 9.17) is 9.47 Å². The molecule has 31 heavy (non-hydrogen) atoms. The Kier molecular flexibility index (Phi) is 7.06. The molecule has 164 valence electrons. The predicted octanol–water partition coefficient (Wildman–Crippen LogP) is 4.03. The first-order valence-corrected chi connectivity index (χ1v) is 10.8. The first-order chi connectivity index (χ1) is 14.7. The first-order valence-electron chi connectivity index (χ1n) is 9.93. The average Bonchev–Trinajstić information content (AvgIpc) is 3.36. The second kappa shape index (κ2) is 9.74. The van der Waals surface area contributed by atoms with Gasteiger partial charge in [-0.15, -0.1) is 11.3 Å². The van der Waals surface area contributed by atoms with Crippen LogP contribution in [0.1, 0.15) is 49.4 Å². The molecule has 3 aromatic rings. The van der Waals surface area contributed by atoms with Crippen LogP contribution in [0.2, 0.25) is 0 Å². The van der Waals surface area contributed by atoms with Crippen LogP contribution in [0.15, 0.2) is 41.9 Å². The summed E-state index contributed by atoms with van der Waals surface area (Å²) >= 11 is 1.24. The van der Waals surface area contributed by atoms with E-state index >= 15 is 0 Å². The van der Waals surface area contributed by atoms with Gasteiger partial charge in [-0.1, -0.05) is 32.9 Å². The van der Waals surface area contributed by atoms with Gasteiger partial charge in [-0.05, 0) is 36.1 Å². The third-order valence-corrected chi connectivity index (χ3v) is 5.17. The number of thiazole rings is 1. The van der Waals surface area contributed by atoms with E-state index in [9.17, 15) is 9.59 Å². The quantitative estimate of drug-likeness (QED) is 0.529. The van der Waals surface area contributed by atoms with Gasteiger partial charge in [-0.2, -0.15) is 5.10 Å². The molecule has 0 aliphatic heterocycles. The van der Waals surface area contributed by atoms with Gasteiger partial charge in [0.05, 0.1) is 18.7 Å². The molecule has 0 aliphatic rings. The maximum absolute atomic E-state index is 12.4. The molecule has 9 heteroatoms. The van der Waals surface area contributed by atoms with Crippen LogP contribution < -0.4 is 10.1 Å². The Labute approximate surface area is 185 Å². The fourth-order valence-electron chi connectivity index (χ4n) is 2.71. The lowest BCUT2D eigenvalue weighted by atomic mass is 9.87. The Balaban J connectivity index is 1.53. The van der Waals surface area contributed by atoms with Gasteiger partial charge in [0.25, 0.3) is 5.91 Å². The Morgan fingerprint density at radius 3 is 2.58 bits per heavy atom. The molecule has 3 rings (SSSR count). The molecule has 0 atom stereocenters. The van der Waals surface area contributed by atoms with E-state index in [1.165, 1.54) is 16.9 Å². The summed E-state index contributed by atoms with van der Waals surface area (Å²) in [4.78, 5) is 28.2. The number of rotatable bonds is 8. The standard InChI is InChI=1S/C22H26N4O4S/c1-5-29-19(27)12-16-13-31-21(23-16)24-20(28)18-10-11-26(25-18)14-30-17-8-6-15(7-9-17)22(2,3)4/h6-11,13H,5,12,14H2,1-4H3,(H,23,24,28). The number of hydrogen-bond acceptors (Lipinski definition) is 7. The van der Waals surface area contributed by atoms with Gasteiger partial charge in [0.2, 0.25) is 0 Å². The Hall–Kier alpha value is -3.20. The molecular formula is C22H26N4O4S. The lowest BCUT2D eigenvalue weighted by Crippen LogP contribution is -2.14. The third-order valence-electron chi connectivity index (χ3n) is 4.36. The largest absolute Gasteiger partial charge is 0.471 e. The minimum absolute atomic E-state index is 0.0723. The summed E-state index contributed by atoms with van der Waals surface area (Å²) < 4.78 is 12.2. The number of carbonyl (C=O) groups is 2. The number of benzene rings is 1. The van der Waals surface area contributed by atoms with Crippen molar-refractivity contribution >= 4 is 28.3 Å². The molecule has 0 fully saturated rings. The van der Waals surface area contributed by atoms with Crippen LogP contribution in [-0.4, -0.2) is 33.2 Å². The number of ether oxygens (including phenoxy) is 2. The third kappa shape index (κ3) is 6.39. The Morgan fingerprint density at radius 1 is 1.16 bits per heavy atom. The number of amides is 1. The van der Waals surface area contributed by atoms with E-state index in [-0.39, 0.29) is 36.1 Å². The number of nitrogens with one attached hydrogen (secondary N) is 1. The monoisotopic (exact) mass is 442 g/mol. The van der Waals surface area contributed by atoms with Gasteiger partial charge in [0, 0.05) is 11.6 Å². The van der Waals surface area contributed by atoms with Crippen LogP contribution in [0.25, 0.3) is 0 Å². The number of carbonyl (C=O) groups excluding carboxylic acids is 2. The zero-order chi connectivity index (χ0) is 22.4. The number of nitrogens with zero attached hydrogens (tertiary/aromatic N) is 3. The molecule has 2 heterocycles. The summed E-state index contributed by atoms with van der Waals surface area (Å²) in [5.74, 6) is -0.00537. The second-order valence-corrected chi connectivity index (χ2v) is 8.73. The van der Waals surface area contributed by atoms with Crippen molar-refractivity contribution in [1.82, 2.24) is 14.8 Å². The Bertz CT molecular complexity index is 1030. The number of anilines is 1. The van der Waals surface area contributed by atoms with Crippen molar-refractivity contribution in [3.8, 4) is 5.75 Å². The van der Waals surface area contributed by atoms with Gasteiger partial charge < -0.3 is 9.47 Å². The van der Waals surface area contributed by atoms with Crippen molar-refractivity contribution in [2.45, 2.75) is 46.3 Å². The normalized spacial score (nSPS) is 11.2. The van der Waals surface area contributed by atoms with Crippen molar-refractivity contribution in [3.63, 3.8) is 0 Å². The van der Waals surface area contributed by atoms with E-state index in [2.05, 4.69) is 36.2 Å². The lowest BCUT2D eigenvalue weighted by Gasteiger charge is -2.19. The average molecular weight is 443 g/mol. The molecule has 2 aromatic heterocycles. The fourth-order valence-corrected chi connectivity index (χ4v) is 3.42. The smallest absolute Gasteiger partial charge is 0.311 e. The summed E-state index contributed by atoms with van der Waals surface area (Å²) in [7, 11) is 0. The zero-order valence-corrected chi connectivity index (χ0v) is 18.9. The predicted molar refractivity (Wildman–Crippen MR) is 118 cm³/mol. The van der Waals surface area contributed by atoms with Gasteiger partial charge in [-0.3, -0.25) is 14.9 Å². The molecular weight excluding hydrogens is 416 g/mol. The molecule has 0 bridgehead atoms. The van der Waals surface area contributed by atoms with E-state index < -0.39 is 0 Å². The minimum Gasteiger partial charge on any atom is -0.471 e. The molecule has 1 amide bonds. The molecule has 0 radical (unpaired) electrons. The highest BCUT2D eigenvalue weighted by Crippen LogP contribution is 2.24. The van der Waals surface area contributed by atoms with E-state index in [0.717, 1.165) is 5.75 Å². The minimum atomic E-state index is -0.384. The summed E-state index contributed by atoms with van der Waals surface area (Å²) in [6, 6.07) is 9.54. The van der Waals surface area contributed by atoms with Gasteiger partial charge in [0.1, 0.15) is 5.75 Å². The second-order valence-electron chi connectivity index (χ2n) is 7.87. The molecule has 0 saturated heterocycles. The van der Waals surface area contributed by atoms with E-state index in [1.54, 1.807) is 29.2 Å². The molecule has 8 nitrogen and oxygen atoms in total. The number of esters is 1. The maximum atomic E-state index is 12.4. The van der Waals surface area contributed by atoms with Crippen LogP contribution in [0.5, 0.6) is 5.75 Å². The number of aromatic nitrogens is 3.